The zero-order chi connectivity index (χ0) is 17.7. The number of amides is 1. The van der Waals surface area contributed by atoms with Crippen LogP contribution < -0.4 is 9.62 Å². The monoisotopic (exact) mass is 358 g/mol. The second-order valence-electron chi connectivity index (χ2n) is 5.50. The predicted molar refractivity (Wildman–Crippen MR) is 85.7 cm³/mol. The molecule has 1 unspecified atom stereocenters. The van der Waals surface area contributed by atoms with Crippen LogP contribution in [0.2, 0.25) is 0 Å². The Morgan fingerprint density at radius 1 is 1.50 bits per heavy atom. The van der Waals surface area contributed by atoms with Gasteiger partial charge in [-0.25, -0.2) is 13.6 Å². The van der Waals surface area contributed by atoms with Gasteiger partial charge >= 0.3 is 5.69 Å². The molecule has 1 aromatic rings. The Morgan fingerprint density at radius 2 is 2.25 bits per heavy atom. The third kappa shape index (κ3) is 4.90. The first-order valence-electron chi connectivity index (χ1n) is 7.39. The fourth-order valence-electron chi connectivity index (χ4n) is 2.39. The van der Waals surface area contributed by atoms with Gasteiger partial charge in [0, 0.05) is 25.3 Å². The fraction of sp³-hybridized carbons (Fsp3) is 0.500. The molecule has 0 saturated carbocycles. The minimum atomic E-state index is -3.75. The first-order chi connectivity index (χ1) is 11.3. The molecule has 1 aliphatic rings. The van der Waals surface area contributed by atoms with Gasteiger partial charge in [0.1, 0.15) is 6.54 Å². The van der Waals surface area contributed by atoms with Crippen LogP contribution in [0.3, 0.4) is 0 Å². The summed E-state index contributed by atoms with van der Waals surface area (Å²) in [7, 11) is -3.75. The summed E-state index contributed by atoms with van der Waals surface area (Å²) >= 11 is 0. The van der Waals surface area contributed by atoms with E-state index in [1.54, 1.807) is 0 Å². The Labute approximate surface area is 139 Å². The van der Waals surface area contributed by atoms with E-state index in [0.717, 1.165) is 23.4 Å². The van der Waals surface area contributed by atoms with E-state index in [1.165, 1.54) is 24.3 Å². The van der Waals surface area contributed by atoms with E-state index < -0.39 is 22.5 Å². The molecule has 0 bridgehead atoms. The van der Waals surface area contributed by atoms with Gasteiger partial charge in [-0.3, -0.25) is 9.10 Å². The molecule has 1 amide bonds. The molecular formula is C14H20N3O6S+. The van der Waals surface area contributed by atoms with Crippen molar-refractivity contribution in [2.24, 2.45) is 0 Å². The number of sulfonamides is 1. The summed E-state index contributed by atoms with van der Waals surface area (Å²) in [5.41, 5.74) is -0.0296. The largest absolute Gasteiger partial charge is 0.376 e. The highest BCUT2D eigenvalue weighted by Crippen LogP contribution is 2.22. The molecule has 1 heterocycles. The Kier molecular flexibility index (Phi) is 5.73. The van der Waals surface area contributed by atoms with E-state index in [9.17, 15) is 18.1 Å². The summed E-state index contributed by atoms with van der Waals surface area (Å²) in [6, 6.07) is 5.34. The molecule has 10 heteroatoms. The van der Waals surface area contributed by atoms with Gasteiger partial charge < -0.3 is 10.1 Å². The van der Waals surface area contributed by atoms with Crippen molar-refractivity contribution in [3.63, 3.8) is 0 Å². The maximum Gasteiger partial charge on any atom is 0.318 e. The Bertz CT molecular complexity index is 715. The lowest BCUT2D eigenvalue weighted by Crippen LogP contribution is -2.42. The number of ether oxygens (including phenoxy) is 1. The summed E-state index contributed by atoms with van der Waals surface area (Å²) in [5.74, 6) is -0.482. The number of hydrogen-bond donors (Lipinski definition) is 2. The van der Waals surface area contributed by atoms with Crippen LogP contribution in [0.1, 0.15) is 12.8 Å². The van der Waals surface area contributed by atoms with Gasteiger partial charge in [-0.2, -0.15) is 0 Å². The molecule has 9 nitrogen and oxygen atoms in total. The van der Waals surface area contributed by atoms with Crippen LogP contribution in [-0.4, -0.2) is 56.5 Å². The molecule has 0 radical (unpaired) electrons. The molecule has 0 spiro atoms. The maximum absolute atomic E-state index is 12.1. The van der Waals surface area contributed by atoms with E-state index in [1.807, 2.05) is 0 Å². The van der Waals surface area contributed by atoms with Crippen molar-refractivity contribution in [3.8, 4) is 0 Å². The Morgan fingerprint density at radius 3 is 2.83 bits per heavy atom. The third-order valence-electron chi connectivity index (χ3n) is 3.58. The zero-order valence-corrected chi connectivity index (χ0v) is 14.0. The highest BCUT2D eigenvalue weighted by Gasteiger charge is 2.24. The molecule has 2 N–H and O–H groups in total. The highest BCUT2D eigenvalue weighted by atomic mass is 32.2. The molecule has 24 heavy (non-hydrogen) atoms. The number of rotatable bonds is 7. The van der Waals surface area contributed by atoms with Gasteiger partial charge in [-0.05, 0) is 18.9 Å². The average molecular weight is 358 g/mol. The van der Waals surface area contributed by atoms with Crippen LogP contribution in [0, 0.1) is 4.91 Å². The predicted octanol–water partition coefficient (Wildman–Crippen LogP) is 0.547. The van der Waals surface area contributed by atoms with Gasteiger partial charge in [0.25, 0.3) is 4.92 Å². The quantitative estimate of drug-likeness (QED) is 0.688. The summed E-state index contributed by atoms with van der Waals surface area (Å²) in [6.45, 7) is 0.552. The molecule has 2 rings (SSSR count). The first kappa shape index (κ1) is 18.1. The topological polar surface area (TPSA) is 116 Å². The minimum absolute atomic E-state index is 0.0487. The lowest BCUT2D eigenvalue weighted by Gasteiger charge is -2.22. The Balaban J connectivity index is 2.09. The van der Waals surface area contributed by atoms with E-state index in [4.69, 9.17) is 9.94 Å². The molecular weight excluding hydrogens is 338 g/mol. The second-order valence-corrected chi connectivity index (χ2v) is 7.41. The number of anilines is 1. The van der Waals surface area contributed by atoms with Gasteiger partial charge in [0.05, 0.1) is 23.0 Å². The molecule has 1 fully saturated rings. The highest BCUT2D eigenvalue weighted by molar-refractivity contribution is 7.92. The molecule has 0 aliphatic carbocycles. The molecule has 132 valence electrons. The lowest BCUT2D eigenvalue weighted by atomic mass is 10.2. The van der Waals surface area contributed by atoms with Gasteiger partial charge in [0.15, 0.2) is 0 Å². The fourth-order valence-corrected chi connectivity index (χ4v) is 3.23. The summed E-state index contributed by atoms with van der Waals surface area (Å²) in [6.07, 6.45) is 2.71. The number of nitrogens with one attached hydrogen (secondary N) is 1. The van der Waals surface area contributed by atoms with Crippen molar-refractivity contribution in [1.82, 2.24) is 5.32 Å². The number of benzene rings is 1. The first-order valence-corrected chi connectivity index (χ1v) is 9.24. The van der Waals surface area contributed by atoms with Crippen LogP contribution in [0.5, 0.6) is 0 Å². The van der Waals surface area contributed by atoms with Gasteiger partial charge in [0.2, 0.25) is 15.9 Å². The molecule has 1 aromatic carbocycles. The number of carbonyl (C=O) groups is 1. The van der Waals surface area contributed by atoms with Gasteiger partial charge in [-0.1, -0.05) is 6.07 Å². The van der Waals surface area contributed by atoms with Crippen molar-refractivity contribution in [2.75, 3.05) is 30.3 Å². The van der Waals surface area contributed by atoms with Gasteiger partial charge in [-0.15, -0.1) is 0 Å². The number of carbonyl (C=O) groups excluding carboxylic acids is 1. The SMILES string of the molecule is CS(=O)(=O)N(CC(=O)NCC1CCCO1)c1cccc([N+](=O)O)c1. The maximum atomic E-state index is 12.1. The second kappa shape index (κ2) is 7.58. The van der Waals surface area contributed by atoms with Crippen LogP contribution in [0.15, 0.2) is 24.3 Å². The average Bonchev–Trinajstić information content (AvgIpc) is 3.03. The van der Waals surface area contributed by atoms with Crippen molar-refractivity contribution in [1.29, 1.82) is 0 Å². The van der Waals surface area contributed by atoms with Crippen LogP contribution in [-0.2, 0) is 19.6 Å². The van der Waals surface area contributed by atoms with E-state index in [0.29, 0.717) is 13.2 Å². The summed E-state index contributed by atoms with van der Waals surface area (Å²) in [5, 5.41) is 11.6. The normalized spacial score (nSPS) is 17.5. The lowest BCUT2D eigenvalue weighted by molar-refractivity contribution is -0.729. The van der Waals surface area contributed by atoms with E-state index in [-0.39, 0.29) is 22.4 Å². The smallest absolute Gasteiger partial charge is 0.318 e. The zero-order valence-electron chi connectivity index (χ0n) is 13.2. The molecule has 1 atom stereocenters. The van der Waals surface area contributed by atoms with Crippen LogP contribution in [0.4, 0.5) is 11.4 Å². The Hall–Kier alpha value is -2.20. The summed E-state index contributed by atoms with van der Waals surface area (Å²) < 4.78 is 30.2. The van der Waals surface area contributed by atoms with Crippen molar-refractivity contribution < 1.29 is 28.1 Å². The third-order valence-corrected chi connectivity index (χ3v) is 4.72. The van der Waals surface area contributed by atoms with E-state index in [2.05, 4.69) is 5.32 Å². The van der Waals surface area contributed by atoms with Crippen molar-refractivity contribution >= 4 is 27.3 Å². The van der Waals surface area contributed by atoms with Crippen molar-refractivity contribution in [3.05, 3.63) is 29.2 Å². The van der Waals surface area contributed by atoms with E-state index >= 15 is 0 Å². The van der Waals surface area contributed by atoms with Crippen molar-refractivity contribution in [2.45, 2.75) is 18.9 Å². The van der Waals surface area contributed by atoms with Crippen LogP contribution >= 0.6 is 0 Å². The minimum Gasteiger partial charge on any atom is -0.376 e. The standard InChI is InChI=1S/C14H19N3O6S/c1-24(21,22)16(11-4-2-5-12(8-11)17(19)20)10-14(18)15-9-13-6-3-7-23-13/h2,4-5,8,13H,3,6-7,9-10H2,1H3,(H-,15,18,19,20)/p+1. The van der Waals surface area contributed by atoms with Crippen LogP contribution in [0.25, 0.3) is 0 Å². The number of hydrogen-bond acceptors (Lipinski definition) is 5. The summed E-state index contributed by atoms with van der Waals surface area (Å²) in [4.78, 5) is 22.6. The molecule has 1 saturated heterocycles. The molecule has 1 aliphatic heterocycles. The number of nitrogens with zero attached hydrogens (tertiary/aromatic N) is 2. The molecule has 0 aromatic heterocycles.